The fourth-order valence-electron chi connectivity index (χ4n) is 2.09. The fourth-order valence-corrected chi connectivity index (χ4v) is 2.09. The van der Waals surface area contributed by atoms with E-state index in [9.17, 15) is 0 Å². The summed E-state index contributed by atoms with van der Waals surface area (Å²) in [7, 11) is 0. The number of pyridine rings is 1. The van der Waals surface area contributed by atoms with Crippen LogP contribution in [0, 0.1) is 11.8 Å². The molecule has 0 aliphatic heterocycles. The average Bonchev–Trinajstić information content (AvgIpc) is 2.44. The van der Waals surface area contributed by atoms with E-state index in [1.165, 1.54) is 5.56 Å². The second kappa shape index (κ2) is 8.96. The molecule has 0 aliphatic rings. The molecule has 0 saturated carbocycles. The minimum atomic E-state index is 0.479. The highest BCUT2D eigenvalue weighted by molar-refractivity contribution is 5.26. The van der Waals surface area contributed by atoms with Crippen LogP contribution in [0.5, 0.6) is 5.75 Å². The van der Waals surface area contributed by atoms with Gasteiger partial charge in [0.2, 0.25) is 0 Å². The Hall–Kier alpha value is -1.09. The van der Waals surface area contributed by atoms with Crippen LogP contribution < -0.4 is 10.1 Å². The number of hydrogen-bond donors (Lipinski definition) is 1. The molecule has 1 N–H and O–H groups in total. The lowest BCUT2D eigenvalue weighted by molar-refractivity contribution is 0.315. The molecule has 20 heavy (non-hydrogen) atoms. The second-order valence-electron chi connectivity index (χ2n) is 6.12. The monoisotopic (exact) mass is 278 g/mol. The Morgan fingerprint density at radius 1 is 1.15 bits per heavy atom. The smallest absolute Gasteiger partial charge is 0.137 e. The molecule has 2 atom stereocenters. The van der Waals surface area contributed by atoms with Crippen molar-refractivity contribution in [3.63, 3.8) is 0 Å². The molecule has 0 aromatic carbocycles. The molecule has 0 spiro atoms. The molecule has 0 saturated heterocycles. The van der Waals surface area contributed by atoms with Gasteiger partial charge in [0.15, 0.2) is 0 Å². The molecule has 1 heterocycles. The third-order valence-corrected chi connectivity index (χ3v) is 3.61. The zero-order chi connectivity index (χ0) is 15.0. The maximum absolute atomic E-state index is 5.66. The highest BCUT2D eigenvalue weighted by Gasteiger charge is 2.15. The van der Waals surface area contributed by atoms with Crippen molar-refractivity contribution in [2.75, 3.05) is 19.7 Å². The standard InChI is InChI=1S/C17H30N2O/c1-6-7-20-17-8-16(11-19-12-17)15(5)14(4)10-18-9-13(2)3/h8,11-15,18H,6-7,9-10H2,1-5H3. The molecular formula is C17H30N2O. The summed E-state index contributed by atoms with van der Waals surface area (Å²) in [5.74, 6) is 2.65. The minimum Gasteiger partial charge on any atom is -0.492 e. The topological polar surface area (TPSA) is 34.1 Å². The van der Waals surface area contributed by atoms with E-state index in [2.05, 4.69) is 51.0 Å². The molecule has 0 radical (unpaired) electrons. The number of nitrogens with one attached hydrogen (secondary N) is 1. The van der Waals surface area contributed by atoms with Gasteiger partial charge in [-0.25, -0.2) is 0 Å². The van der Waals surface area contributed by atoms with Gasteiger partial charge in [-0.3, -0.25) is 4.98 Å². The maximum atomic E-state index is 5.66. The molecule has 114 valence electrons. The van der Waals surface area contributed by atoms with E-state index in [1.807, 2.05) is 6.20 Å². The third-order valence-electron chi connectivity index (χ3n) is 3.61. The summed E-state index contributed by atoms with van der Waals surface area (Å²) < 4.78 is 5.66. The Bertz CT molecular complexity index is 379. The van der Waals surface area contributed by atoms with Crippen LogP contribution in [0.25, 0.3) is 0 Å². The van der Waals surface area contributed by atoms with Gasteiger partial charge in [-0.05, 0) is 48.9 Å². The number of ether oxygens (including phenoxy) is 1. The zero-order valence-electron chi connectivity index (χ0n) is 13.6. The van der Waals surface area contributed by atoms with Crippen molar-refractivity contribution >= 4 is 0 Å². The average molecular weight is 278 g/mol. The largest absolute Gasteiger partial charge is 0.492 e. The van der Waals surface area contributed by atoms with Gasteiger partial charge in [0.1, 0.15) is 5.75 Å². The van der Waals surface area contributed by atoms with Gasteiger partial charge in [-0.15, -0.1) is 0 Å². The summed E-state index contributed by atoms with van der Waals surface area (Å²) in [5, 5.41) is 3.53. The van der Waals surface area contributed by atoms with Crippen molar-refractivity contribution < 1.29 is 4.74 Å². The Morgan fingerprint density at radius 2 is 1.90 bits per heavy atom. The van der Waals surface area contributed by atoms with Gasteiger partial charge >= 0.3 is 0 Å². The molecule has 1 aromatic heterocycles. The Kier molecular flexibility index (Phi) is 7.60. The van der Waals surface area contributed by atoms with Crippen LogP contribution in [0.2, 0.25) is 0 Å². The first kappa shape index (κ1) is 17.0. The number of hydrogen-bond acceptors (Lipinski definition) is 3. The Balaban J connectivity index is 2.54. The van der Waals surface area contributed by atoms with E-state index in [-0.39, 0.29) is 0 Å². The first-order valence-corrected chi connectivity index (χ1v) is 7.83. The third kappa shape index (κ3) is 5.91. The van der Waals surface area contributed by atoms with Crippen molar-refractivity contribution in [3.05, 3.63) is 24.0 Å². The highest BCUT2D eigenvalue weighted by Crippen LogP contribution is 2.25. The lowest BCUT2D eigenvalue weighted by Gasteiger charge is -2.21. The van der Waals surface area contributed by atoms with Gasteiger partial charge in [0, 0.05) is 6.20 Å². The van der Waals surface area contributed by atoms with Crippen molar-refractivity contribution in [2.24, 2.45) is 11.8 Å². The maximum Gasteiger partial charge on any atom is 0.137 e. The van der Waals surface area contributed by atoms with Gasteiger partial charge in [-0.1, -0.05) is 34.6 Å². The second-order valence-corrected chi connectivity index (χ2v) is 6.12. The molecule has 3 heteroatoms. The SMILES string of the molecule is CCCOc1cncc(C(C)C(C)CNCC(C)C)c1. The number of aromatic nitrogens is 1. The summed E-state index contributed by atoms with van der Waals surface area (Å²) >= 11 is 0. The van der Waals surface area contributed by atoms with Crippen molar-refractivity contribution in [1.82, 2.24) is 10.3 Å². The molecule has 2 unspecified atom stereocenters. The molecule has 1 rings (SSSR count). The summed E-state index contributed by atoms with van der Waals surface area (Å²) in [4.78, 5) is 4.30. The quantitative estimate of drug-likeness (QED) is 0.745. The van der Waals surface area contributed by atoms with Crippen LogP contribution >= 0.6 is 0 Å². The van der Waals surface area contributed by atoms with Crippen molar-refractivity contribution in [1.29, 1.82) is 0 Å². The van der Waals surface area contributed by atoms with Crippen molar-refractivity contribution in [2.45, 2.75) is 47.0 Å². The van der Waals surface area contributed by atoms with Crippen LogP contribution in [0.3, 0.4) is 0 Å². The van der Waals surface area contributed by atoms with Gasteiger partial charge in [0.05, 0.1) is 12.8 Å². The lowest BCUT2D eigenvalue weighted by atomic mass is 9.89. The van der Waals surface area contributed by atoms with E-state index in [0.29, 0.717) is 17.8 Å². The Labute approximate surface area is 124 Å². The number of rotatable bonds is 9. The van der Waals surface area contributed by atoms with Gasteiger partial charge < -0.3 is 10.1 Å². The molecule has 0 aliphatic carbocycles. The summed E-state index contributed by atoms with van der Waals surface area (Å²) in [6.07, 6.45) is 4.78. The highest BCUT2D eigenvalue weighted by atomic mass is 16.5. The lowest BCUT2D eigenvalue weighted by Crippen LogP contribution is -2.27. The molecule has 3 nitrogen and oxygen atoms in total. The molecule has 0 bridgehead atoms. The summed E-state index contributed by atoms with van der Waals surface area (Å²) in [6.45, 7) is 14.0. The predicted octanol–water partition coefficient (Wildman–Crippen LogP) is 3.86. The van der Waals surface area contributed by atoms with E-state index in [1.54, 1.807) is 6.20 Å². The van der Waals surface area contributed by atoms with Crippen LogP contribution in [-0.2, 0) is 0 Å². The minimum absolute atomic E-state index is 0.479. The van der Waals surface area contributed by atoms with E-state index >= 15 is 0 Å². The van der Waals surface area contributed by atoms with Crippen LogP contribution in [0.4, 0.5) is 0 Å². The van der Waals surface area contributed by atoms with Crippen LogP contribution in [0.15, 0.2) is 18.5 Å². The molecule has 1 aromatic rings. The van der Waals surface area contributed by atoms with Crippen LogP contribution in [0.1, 0.15) is 52.5 Å². The normalized spacial score (nSPS) is 14.3. The molecule has 0 amide bonds. The fraction of sp³-hybridized carbons (Fsp3) is 0.706. The number of nitrogens with zero attached hydrogens (tertiary/aromatic N) is 1. The van der Waals surface area contributed by atoms with Crippen LogP contribution in [-0.4, -0.2) is 24.7 Å². The van der Waals surface area contributed by atoms with Crippen molar-refractivity contribution in [3.8, 4) is 5.75 Å². The van der Waals surface area contributed by atoms with E-state index < -0.39 is 0 Å². The summed E-state index contributed by atoms with van der Waals surface area (Å²) in [5.41, 5.74) is 1.26. The zero-order valence-corrected chi connectivity index (χ0v) is 13.6. The van der Waals surface area contributed by atoms with Gasteiger partial charge in [-0.2, -0.15) is 0 Å². The predicted molar refractivity (Wildman–Crippen MR) is 85.3 cm³/mol. The van der Waals surface area contributed by atoms with Gasteiger partial charge in [0.25, 0.3) is 0 Å². The van der Waals surface area contributed by atoms with E-state index in [0.717, 1.165) is 31.9 Å². The van der Waals surface area contributed by atoms with E-state index in [4.69, 9.17) is 4.74 Å². The molecule has 0 fully saturated rings. The first-order chi connectivity index (χ1) is 9.54. The molecular weight excluding hydrogens is 248 g/mol. The summed E-state index contributed by atoms with van der Waals surface area (Å²) in [6, 6.07) is 2.13. The Morgan fingerprint density at radius 3 is 2.55 bits per heavy atom. The first-order valence-electron chi connectivity index (χ1n) is 7.83.